The first kappa shape index (κ1) is 19.4. The van der Waals surface area contributed by atoms with Crippen LogP contribution in [0.25, 0.3) is 33.9 Å². The minimum Gasteiger partial charge on any atom is -0.343 e. The summed E-state index contributed by atoms with van der Waals surface area (Å²) in [5.41, 5.74) is 4.47. The molecule has 0 radical (unpaired) electrons. The molecule has 0 saturated carbocycles. The number of carbonyl (C=O) groups excluding carboxylic acids is 1. The highest BCUT2D eigenvalue weighted by Crippen LogP contribution is 2.25. The molecule has 0 unspecified atom stereocenters. The normalized spacial score (nSPS) is 14.3. The number of benzene rings is 2. The van der Waals surface area contributed by atoms with Crippen LogP contribution in [0.3, 0.4) is 0 Å². The van der Waals surface area contributed by atoms with E-state index in [0.717, 1.165) is 53.7 Å². The van der Waals surface area contributed by atoms with Gasteiger partial charge in [-0.1, -0.05) is 28.1 Å². The van der Waals surface area contributed by atoms with E-state index in [1.165, 1.54) is 6.42 Å². The van der Waals surface area contributed by atoms with Crippen LogP contribution in [-0.4, -0.2) is 49.0 Å². The quantitative estimate of drug-likeness (QED) is 0.491. The highest BCUT2D eigenvalue weighted by Gasteiger charge is 2.17. The van der Waals surface area contributed by atoms with Gasteiger partial charge in [0.25, 0.3) is 5.89 Å². The highest BCUT2D eigenvalue weighted by atomic mass is 16.5. The Morgan fingerprint density at radius 1 is 1.06 bits per heavy atom. The molecule has 0 aliphatic carbocycles. The SMILES string of the molecule is Cc1cccc(-c2nc(-c3ccc4c(c3)nnn4CCC(=O)N3CCCCC3)no2)c1. The van der Waals surface area contributed by atoms with E-state index < -0.39 is 0 Å². The van der Waals surface area contributed by atoms with Gasteiger partial charge in [0.2, 0.25) is 11.7 Å². The van der Waals surface area contributed by atoms with Crippen molar-refractivity contribution in [2.45, 2.75) is 39.2 Å². The molecular weight excluding hydrogens is 392 g/mol. The average Bonchev–Trinajstić information content (AvgIpc) is 3.45. The maximum Gasteiger partial charge on any atom is 0.258 e. The van der Waals surface area contributed by atoms with E-state index >= 15 is 0 Å². The molecule has 3 heterocycles. The molecule has 2 aromatic carbocycles. The van der Waals surface area contributed by atoms with Crippen molar-refractivity contribution < 1.29 is 9.32 Å². The molecule has 1 fully saturated rings. The molecule has 0 spiro atoms. The number of amides is 1. The molecule has 5 rings (SSSR count). The number of aryl methyl sites for hydroxylation is 2. The molecule has 1 aliphatic heterocycles. The molecule has 1 aliphatic rings. The monoisotopic (exact) mass is 416 g/mol. The fourth-order valence-electron chi connectivity index (χ4n) is 4.02. The van der Waals surface area contributed by atoms with Crippen molar-refractivity contribution in [1.29, 1.82) is 0 Å². The van der Waals surface area contributed by atoms with Gasteiger partial charge < -0.3 is 9.42 Å². The third kappa shape index (κ3) is 4.05. The van der Waals surface area contributed by atoms with Gasteiger partial charge in [0.1, 0.15) is 5.52 Å². The zero-order chi connectivity index (χ0) is 21.2. The van der Waals surface area contributed by atoms with Crippen molar-refractivity contribution in [2.75, 3.05) is 13.1 Å². The summed E-state index contributed by atoms with van der Waals surface area (Å²) in [7, 11) is 0. The van der Waals surface area contributed by atoms with Crippen molar-refractivity contribution in [3.8, 4) is 22.8 Å². The maximum absolute atomic E-state index is 12.4. The van der Waals surface area contributed by atoms with Gasteiger partial charge in [-0.3, -0.25) is 4.79 Å². The van der Waals surface area contributed by atoms with Gasteiger partial charge in [-0.15, -0.1) is 5.10 Å². The van der Waals surface area contributed by atoms with E-state index in [9.17, 15) is 4.79 Å². The summed E-state index contributed by atoms with van der Waals surface area (Å²) in [5.74, 6) is 1.18. The minimum atomic E-state index is 0.190. The summed E-state index contributed by atoms with van der Waals surface area (Å²) in [4.78, 5) is 18.9. The van der Waals surface area contributed by atoms with E-state index in [-0.39, 0.29) is 5.91 Å². The van der Waals surface area contributed by atoms with Crippen LogP contribution in [0.2, 0.25) is 0 Å². The smallest absolute Gasteiger partial charge is 0.258 e. The molecule has 158 valence electrons. The fraction of sp³-hybridized carbons (Fsp3) is 0.348. The first-order valence-electron chi connectivity index (χ1n) is 10.7. The standard InChI is InChI=1S/C23H24N6O2/c1-16-6-5-7-18(14-16)23-24-22(26-31-23)17-8-9-20-19(15-17)25-27-29(20)13-10-21(30)28-11-3-2-4-12-28/h5-9,14-15H,2-4,10-13H2,1H3. The number of likely N-dealkylation sites (tertiary alicyclic amines) is 1. The van der Waals surface area contributed by atoms with Gasteiger partial charge in [-0.05, 0) is 56.5 Å². The molecule has 31 heavy (non-hydrogen) atoms. The van der Waals surface area contributed by atoms with Crippen LogP contribution in [0.15, 0.2) is 47.0 Å². The molecule has 8 nitrogen and oxygen atoms in total. The predicted octanol–water partition coefficient (Wildman–Crippen LogP) is 3.86. The van der Waals surface area contributed by atoms with E-state index in [1.54, 1.807) is 4.68 Å². The zero-order valence-electron chi connectivity index (χ0n) is 17.5. The Bertz CT molecular complexity index is 1220. The van der Waals surface area contributed by atoms with Crippen LogP contribution in [0, 0.1) is 6.92 Å². The predicted molar refractivity (Wildman–Crippen MR) is 116 cm³/mol. The molecule has 8 heteroatoms. The van der Waals surface area contributed by atoms with E-state index in [0.29, 0.717) is 24.7 Å². The van der Waals surface area contributed by atoms with Gasteiger partial charge in [-0.2, -0.15) is 4.98 Å². The molecular formula is C23H24N6O2. The Hall–Kier alpha value is -3.55. The average molecular weight is 416 g/mol. The largest absolute Gasteiger partial charge is 0.343 e. The molecule has 0 atom stereocenters. The van der Waals surface area contributed by atoms with Gasteiger partial charge in [-0.25, -0.2) is 4.68 Å². The van der Waals surface area contributed by atoms with Crippen molar-refractivity contribution in [3.63, 3.8) is 0 Å². The number of aromatic nitrogens is 5. The second kappa shape index (κ2) is 8.29. The first-order valence-corrected chi connectivity index (χ1v) is 10.7. The molecule has 1 saturated heterocycles. The van der Waals surface area contributed by atoms with E-state index in [4.69, 9.17) is 4.52 Å². The third-order valence-corrected chi connectivity index (χ3v) is 5.71. The van der Waals surface area contributed by atoms with Crippen molar-refractivity contribution >= 4 is 16.9 Å². The van der Waals surface area contributed by atoms with Crippen LogP contribution < -0.4 is 0 Å². The van der Waals surface area contributed by atoms with Crippen molar-refractivity contribution in [1.82, 2.24) is 30.0 Å². The van der Waals surface area contributed by atoms with Crippen LogP contribution >= 0.6 is 0 Å². The second-order valence-corrected chi connectivity index (χ2v) is 8.00. The van der Waals surface area contributed by atoms with Gasteiger partial charge >= 0.3 is 0 Å². The zero-order valence-corrected chi connectivity index (χ0v) is 17.5. The maximum atomic E-state index is 12.4. The number of hydrogen-bond acceptors (Lipinski definition) is 6. The number of hydrogen-bond donors (Lipinski definition) is 0. The van der Waals surface area contributed by atoms with Crippen LogP contribution in [0.5, 0.6) is 0 Å². The molecule has 0 bridgehead atoms. The molecule has 4 aromatic rings. The lowest BCUT2D eigenvalue weighted by Gasteiger charge is -2.26. The Morgan fingerprint density at radius 2 is 1.94 bits per heavy atom. The lowest BCUT2D eigenvalue weighted by atomic mass is 10.1. The lowest BCUT2D eigenvalue weighted by Crippen LogP contribution is -2.36. The molecule has 1 amide bonds. The Labute approximate surface area is 179 Å². The third-order valence-electron chi connectivity index (χ3n) is 5.71. The Kier molecular flexibility index (Phi) is 5.19. The number of piperidine rings is 1. The Balaban J connectivity index is 1.32. The summed E-state index contributed by atoms with van der Waals surface area (Å²) in [6.07, 6.45) is 3.85. The summed E-state index contributed by atoms with van der Waals surface area (Å²) in [6, 6.07) is 13.7. The Morgan fingerprint density at radius 3 is 2.77 bits per heavy atom. The summed E-state index contributed by atoms with van der Waals surface area (Å²) < 4.78 is 7.24. The number of nitrogens with zero attached hydrogens (tertiary/aromatic N) is 6. The summed E-state index contributed by atoms with van der Waals surface area (Å²) in [6.45, 7) is 4.29. The minimum absolute atomic E-state index is 0.190. The van der Waals surface area contributed by atoms with E-state index in [2.05, 4.69) is 20.5 Å². The van der Waals surface area contributed by atoms with Crippen LogP contribution in [-0.2, 0) is 11.3 Å². The van der Waals surface area contributed by atoms with Crippen LogP contribution in [0.4, 0.5) is 0 Å². The lowest BCUT2D eigenvalue weighted by molar-refractivity contribution is -0.132. The summed E-state index contributed by atoms with van der Waals surface area (Å²) in [5, 5.41) is 12.6. The topological polar surface area (TPSA) is 89.9 Å². The highest BCUT2D eigenvalue weighted by molar-refractivity contribution is 5.80. The van der Waals surface area contributed by atoms with Gasteiger partial charge in [0.05, 0.1) is 12.1 Å². The second-order valence-electron chi connectivity index (χ2n) is 8.00. The van der Waals surface area contributed by atoms with Crippen LogP contribution in [0.1, 0.15) is 31.2 Å². The first-order chi connectivity index (χ1) is 15.2. The molecule has 2 aromatic heterocycles. The van der Waals surface area contributed by atoms with Crippen molar-refractivity contribution in [2.24, 2.45) is 0 Å². The fourth-order valence-corrected chi connectivity index (χ4v) is 4.02. The number of fused-ring (bicyclic) bond motifs is 1. The van der Waals surface area contributed by atoms with E-state index in [1.807, 2.05) is 54.3 Å². The van der Waals surface area contributed by atoms with Crippen molar-refractivity contribution in [3.05, 3.63) is 48.0 Å². The molecule has 0 N–H and O–H groups in total. The number of rotatable bonds is 5. The van der Waals surface area contributed by atoms with Gasteiger partial charge in [0.15, 0.2) is 0 Å². The van der Waals surface area contributed by atoms with Gasteiger partial charge in [0, 0.05) is 30.6 Å². The number of carbonyl (C=O) groups is 1. The summed E-state index contributed by atoms with van der Waals surface area (Å²) >= 11 is 0.